The minimum atomic E-state index is 0.459. The summed E-state index contributed by atoms with van der Waals surface area (Å²) in [6.45, 7) is 5.50. The average molecular weight is 271 g/mol. The summed E-state index contributed by atoms with van der Waals surface area (Å²) in [4.78, 5) is 4.53. The number of anilines is 1. The van der Waals surface area contributed by atoms with E-state index in [2.05, 4.69) is 47.7 Å². The van der Waals surface area contributed by atoms with Gasteiger partial charge in [-0.1, -0.05) is 13.0 Å². The highest BCUT2D eigenvalue weighted by Crippen LogP contribution is 2.25. The van der Waals surface area contributed by atoms with Gasteiger partial charge in [-0.15, -0.1) is 0 Å². The van der Waals surface area contributed by atoms with Gasteiger partial charge in [0.15, 0.2) is 0 Å². The van der Waals surface area contributed by atoms with Crippen LogP contribution >= 0.6 is 0 Å². The van der Waals surface area contributed by atoms with Crippen LogP contribution in [0.1, 0.15) is 32.3 Å². The quantitative estimate of drug-likeness (QED) is 0.756. The maximum Gasteiger partial charge on any atom is 0.0933 e. The summed E-state index contributed by atoms with van der Waals surface area (Å²) < 4.78 is 0. The Labute approximate surface area is 121 Å². The Balaban J connectivity index is 2.19. The molecule has 1 heterocycles. The van der Waals surface area contributed by atoms with Crippen molar-refractivity contribution in [3.63, 3.8) is 0 Å². The van der Waals surface area contributed by atoms with Crippen molar-refractivity contribution in [2.45, 2.75) is 39.2 Å². The van der Waals surface area contributed by atoms with E-state index in [1.54, 1.807) is 0 Å². The lowest BCUT2D eigenvalue weighted by Crippen LogP contribution is -2.18. The molecular formula is C17H25N3. The number of aromatic nitrogens is 1. The lowest BCUT2D eigenvalue weighted by molar-refractivity contribution is 0.625. The van der Waals surface area contributed by atoms with Crippen LogP contribution < -0.4 is 10.6 Å². The molecule has 0 aliphatic heterocycles. The van der Waals surface area contributed by atoms with E-state index in [-0.39, 0.29) is 0 Å². The Morgan fingerprint density at radius 3 is 2.90 bits per heavy atom. The van der Waals surface area contributed by atoms with E-state index in [0.717, 1.165) is 30.6 Å². The molecule has 0 fully saturated rings. The van der Waals surface area contributed by atoms with E-state index in [1.807, 2.05) is 19.3 Å². The smallest absolute Gasteiger partial charge is 0.0933 e. The highest BCUT2D eigenvalue weighted by molar-refractivity contribution is 5.91. The van der Waals surface area contributed by atoms with Gasteiger partial charge >= 0.3 is 0 Å². The third-order valence-electron chi connectivity index (χ3n) is 3.64. The number of nitrogens with zero attached hydrogens (tertiary/aromatic N) is 1. The largest absolute Gasteiger partial charge is 0.381 e. The minimum Gasteiger partial charge on any atom is -0.381 e. The van der Waals surface area contributed by atoms with Crippen molar-refractivity contribution in [2.75, 3.05) is 18.9 Å². The van der Waals surface area contributed by atoms with Gasteiger partial charge in [0.2, 0.25) is 0 Å². The first-order valence-corrected chi connectivity index (χ1v) is 7.53. The van der Waals surface area contributed by atoms with Crippen LogP contribution in [0.5, 0.6) is 0 Å². The Morgan fingerprint density at radius 2 is 2.15 bits per heavy atom. The molecule has 1 aromatic heterocycles. The minimum absolute atomic E-state index is 0.459. The van der Waals surface area contributed by atoms with Crippen LogP contribution in [0, 0.1) is 0 Å². The van der Waals surface area contributed by atoms with Crippen LogP contribution in [0.2, 0.25) is 0 Å². The second-order valence-electron chi connectivity index (χ2n) is 5.36. The predicted molar refractivity (Wildman–Crippen MR) is 87.4 cm³/mol. The molecule has 20 heavy (non-hydrogen) atoms. The van der Waals surface area contributed by atoms with Crippen molar-refractivity contribution in [1.29, 1.82) is 0 Å². The molecule has 0 amide bonds. The molecule has 2 aromatic rings. The van der Waals surface area contributed by atoms with Crippen LogP contribution in [-0.2, 0) is 6.42 Å². The van der Waals surface area contributed by atoms with Gasteiger partial charge in [0, 0.05) is 17.6 Å². The number of nitrogens with one attached hydrogen (secondary N) is 2. The van der Waals surface area contributed by atoms with Crippen molar-refractivity contribution < 1.29 is 0 Å². The molecule has 0 aliphatic rings. The molecular weight excluding hydrogens is 246 g/mol. The summed E-state index contributed by atoms with van der Waals surface area (Å²) in [5, 5.41) is 8.04. The zero-order chi connectivity index (χ0) is 14.4. The average Bonchev–Trinajstić information content (AvgIpc) is 2.47. The summed E-state index contributed by atoms with van der Waals surface area (Å²) in [5.74, 6) is 0. The lowest BCUT2D eigenvalue weighted by Gasteiger charge is -2.17. The van der Waals surface area contributed by atoms with Crippen molar-refractivity contribution >= 4 is 16.6 Å². The Bertz CT molecular complexity index is 551. The van der Waals surface area contributed by atoms with Crippen LogP contribution in [0.25, 0.3) is 10.9 Å². The van der Waals surface area contributed by atoms with Crippen molar-refractivity contribution in [1.82, 2.24) is 10.3 Å². The molecule has 0 radical (unpaired) electrons. The number of benzene rings is 1. The molecule has 3 nitrogen and oxygen atoms in total. The fourth-order valence-electron chi connectivity index (χ4n) is 2.49. The molecule has 3 heteroatoms. The lowest BCUT2D eigenvalue weighted by atomic mass is 10.1. The van der Waals surface area contributed by atoms with Gasteiger partial charge in [0.05, 0.1) is 11.2 Å². The second-order valence-corrected chi connectivity index (χ2v) is 5.36. The molecule has 1 unspecified atom stereocenters. The first-order valence-electron chi connectivity index (χ1n) is 7.53. The summed E-state index contributed by atoms with van der Waals surface area (Å²) in [7, 11) is 2.00. The number of fused-ring (bicyclic) bond motifs is 1. The number of hydrogen-bond acceptors (Lipinski definition) is 3. The van der Waals surface area contributed by atoms with E-state index in [1.165, 1.54) is 17.4 Å². The molecule has 1 atom stereocenters. The van der Waals surface area contributed by atoms with E-state index in [9.17, 15) is 0 Å². The third kappa shape index (κ3) is 3.70. The Kier molecular flexibility index (Phi) is 5.36. The van der Waals surface area contributed by atoms with Crippen LogP contribution in [0.3, 0.4) is 0 Å². The number of rotatable bonds is 7. The Morgan fingerprint density at radius 1 is 1.30 bits per heavy atom. The summed E-state index contributed by atoms with van der Waals surface area (Å²) in [6, 6.07) is 9.07. The normalized spacial score (nSPS) is 12.6. The van der Waals surface area contributed by atoms with Crippen molar-refractivity contribution in [3.8, 4) is 0 Å². The molecule has 2 rings (SSSR count). The highest BCUT2D eigenvalue weighted by Gasteiger charge is 2.08. The fourth-order valence-corrected chi connectivity index (χ4v) is 2.49. The van der Waals surface area contributed by atoms with Crippen molar-refractivity contribution in [3.05, 3.63) is 36.0 Å². The van der Waals surface area contributed by atoms with Gasteiger partial charge in [-0.05, 0) is 63.5 Å². The highest BCUT2D eigenvalue weighted by atomic mass is 14.9. The van der Waals surface area contributed by atoms with Gasteiger partial charge in [-0.2, -0.15) is 0 Å². The monoisotopic (exact) mass is 271 g/mol. The molecule has 0 aliphatic carbocycles. The number of hydrogen-bond donors (Lipinski definition) is 2. The van der Waals surface area contributed by atoms with Crippen LogP contribution in [0.15, 0.2) is 30.5 Å². The standard InChI is InChI=1S/C17H25N3/c1-4-14-11-15-8-6-10-19-17(15)16(12-14)20-13(2)7-5-9-18-3/h6,8,10-13,18,20H,4-5,7,9H2,1-3H3. The molecule has 0 saturated carbocycles. The van der Waals surface area contributed by atoms with E-state index >= 15 is 0 Å². The SMILES string of the molecule is CCc1cc(NC(C)CCCNC)c2ncccc2c1. The van der Waals surface area contributed by atoms with Gasteiger partial charge in [0.25, 0.3) is 0 Å². The first-order chi connectivity index (χ1) is 9.74. The maximum atomic E-state index is 4.53. The molecule has 108 valence electrons. The van der Waals surface area contributed by atoms with E-state index in [4.69, 9.17) is 0 Å². The van der Waals surface area contributed by atoms with Crippen LogP contribution in [-0.4, -0.2) is 24.6 Å². The van der Waals surface area contributed by atoms with Crippen molar-refractivity contribution in [2.24, 2.45) is 0 Å². The molecule has 0 bridgehead atoms. The first kappa shape index (κ1) is 14.8. The van der Waals surface area contributed by atoms with Crippen LogP contribution in [0.4, 0.5) is 5.69 Å². The third-order valence-corrected chi connectivity index (χ3v) is 3.64. The topological polar surface area (TPSA) is 37.0 Å². The van der Waals surface area contributed by atoms with Gasteiger partial charge in [0.1, 0.15) is 0 Å². The molecule has 0 saturated heterocycles. The molecule has 0 spiro atoms. The Hall–Kier alpha value is -1.61. The van der Waals surface area contributed by atoms with E-state index in [0.29, 0.717) is 6.04 Å². The second kappa shape index (κ2) is 7.25. The number of pyridine rings is 1. The summed E-state index contributed by atoms with van der Waals surface area (Å²) >= 11 is 0. The van der Waals surface area contributed by atoms with Gasteiger partial charge in [-0.25, -0.2) is 0 Å². The summed E-state index contributed by atoms with van der Waals surface area (Å²) in [6.07, 6.45) is 5.26. The number of aryl methyl sites for hydroxylation is 1. The van der Waals surface area contributed by atoms with Gasteiger partial charge in [-0.3, -0.25) is 4.98 Å². The zero-order valence-corrected chi connectivity index (χ0v) is 12.7. The molecule has 2 N–H and O–H groups in total. The predicted octanol–water partition coefficient (Wildman–Crippen LogP) is 3.60. The van der Waals surface area contributed by atoms with Gasteiger partial charge < -0.3 is 10.6 Å². The zero-order valence-electron chi connectivity index (χ0n) is 12.7. The molecule has 1 aromatic carbocycles. The maximum absolute atomic E-state index is 4.53. The summed E-state index contributed by atoms with van der Waals surface area (Å²) in [5.41, 5.74) is 3.59. The fraction of sp³-hybridized carbons (Fsp3) is 0.471. The van der Waals surface area contributed by atoms with E-state index < -0.39 is 0 Å².